The zero-order chi connectivity index (χ0) is 20.8. The summed E-state index contributed by atoms with van der Waals surface area (Å²) in [5.74, 6) is 0.611. The number of anilines is 1. The van der Waals surface area contributed by atoms with Gasteiger partial charge >= 0.3 is 0 Å². The summed E-state index contributed by atoms with van der Waals surface area (Å²) in [5, 5.41) is 3.32. The molecule has 0 aliphatic heterocycles. The molecule has 0 saturated carbocycles. The van der Waals surface area contributed by atoms with Gasteiger partial charge in [-0.05, 0) is 54.8 Å². The number of aromatic nitrogens is 4. The first-order valence-corrected chi connectivity index (χ1v) is 10.0. The number of aryl methyl sites for hydroxylation is 1. The number of hydrogen-bond acceptors (Lipinski definition) is 5. The van der Waals surface area contributed by atoms with Crippen LogP contribution in [0, 0.1) is 0 Å². The number of hydrogen-bond donors (Lipinski definition) is 1. The van der Waals surface area contributed by atoms with Crippen LogP contribution in [-0.2, 0) is 13.0 Å². The van der Waals surface area contributed by atoms with Crippen LogP contribution >= 0.6 is 0 Å². The number of benzene rings is 2. The van der Waals surface area contributed by atoms with Crippen LogP contribution in [0.4, 0.5) is 11.6 Å². The fourth-order valence-electron chi connectivity index (χ4n) is 3.28. The van der Waals surface area contributed by atoms with Gasteiger partial charge in [0.15, 0.2) is 0 Å². The molecule has 1 N–H and O–H groups in total. The molecule has 0 spiro atoms. The highest BCUT2D eigenvalue weighted by Crippen LogP contribution is 2.26. The molecule has 0 bridgehead atoms. The van der Waals surface area contributed by atoms with E-state index in [1.165, 1.54) is 5.56 Å². The van der Waals surface area contributed by atoms with Crippen molar-refractivity contribution in [3.8, 4) is 16.9 Å². The molecule has 0 amide bonds. The summed E-state index contributed by atoms with van der Waals surface area (Å²) >= 11 is 0. The maximum absolute atomic E-state index is 4.69. The van der Waals surface area contributed by atoms with Gasteiger partial charge in [-0.25, -0.2) is 15.0 Å². The van der Waals surface area contributed by atoms with Gasteiger partial charge in [-0.1, -0.05) is 25.1 Å². The summed E-state index contributed by atoms with van der Waals surface area (Å²) in [4.78, 5) is 17.6. The van der Waals surface area contributed by atoms with E-state index >= 15 is 0 Å². The molecule has 6 heteroatoms. The average Bonchev–Trinajstić information content (AvgIpc) is 3.34. The third kappa shape index (κ3) is 4.43. The normalized spacial score (nSPS) is 11.1. The predicted octanol–water partition coefficient (Wildman–Crippen LogP) is 5.23. The van der Waals surface area contributed by atoms with Crippen molar-refractivity contribution in [2.75, 3.05) is 5.32 Å². The Hall–Kier alpha value is -3.80. The van der Waals surface area contributed by atoms with Crippen LogP contribution in [0.1, 0.15) is 25.0 Å². The van der Waals surface area contributed by atoms with Crippen molar-refractivity contribution in [2.24, 2.45) is 4.99 Å². The summed E-state index contributed by atoms with van der Waals surface area (Å²) in [7, 11) is 0. The molecule has 2 aromatic carbocycles. The van der Waals surface area contributed by atoms with E-state index in [2.05, 4.69) is 63.6 Å². The molecule has 0 aliphatic carbocycles. The van der Waals surface area contributed by atoms with Crippen LogP contribution in [0.3, 0.4) is 0 Å². The van der Waals surface area contributed by atoms with Gasteiger partial charge in [0, 0.05) is 42.6 Å². The number of aliphatic imine (C=N–C) groups is 1. The lowest BCUT2D eigenvalue weighted by Gasteiger charge is -2.09. The number of nitrogens with zero attached hydrogens (tertiary/aromatic N) is 5. The van der Waals surface area contributed by atoms with Crippen molar-refractivity contribution in [3.05, 3.63) is 84.6 Å². The Kier molecular flexibility index (Phi) is 5.94. The van der Waals surface area contributed by atoms with Gasteiger partial charge in [0.25, 0.3) is 0 Å². The van der Waals surface area contributed by atoms with Gasteiger partial charge in [0.1, 0.15) is 0 Å². The zero-order valence-corrected chi connectivity index (χ0v) is 17.2. The molecule has 6 nitrogen and oxygen atoms in total. The SMILES string of the molecule is C/C=N\c1ccc(-c2ccnc(NCc3ccc(-n4ccnc4)cc3)n2)cc1CC. The lowest BCUT2D eigenvalue weighted by molar-refractivity contribution is 1.03. The molecule has 0 unspecified atom stereocenters. The molecule has 4 aromatic rings. The maximum atomic E-state index is 4.69. The molecule has 0 saturated heterocycles. The minimum Gasteiger partial charge on any atom is -0.350 e. The van der Waals surface area contributed by atoms with E-state index in [1.807, 2.05) is 36.0 Å². The molecule has 30 heavy (non-hydrogen) atoms. The molecule has 0 radical (unpaired) electrons. The molecule has 2 aromatic heterocycles. The smallest absolute Gasteiger partial charge is 0.223 e. The average molecular weight is 396 g/mol. The van der Waals surface area contributed by atoms with E-state index in [4.69, 9.17) is 4.98 Å². The Morgan fingerprint density at radius 3 is 2.67 bits per heavy atom. The lowest BCUT2D eigenvalue weighted by atomic mass is 10.0. The van der Waals surface area contributed by atoms with Crippen LogP contribution in [0.2, 0.25) is 0 Å². The second-order valence-corrected chi connectivity index (χ2v) is 6.84. The first-order chi connectivity index (χ1) is 14.8. The molecule has 150 valence electrons. The maximum Gasteiger partial charge on any atom is 0.223 e. The Balaban J connectivity index is 1.47. The highest BCUT2D eigenvalue weighted by atomic mass is 15.1. The molecule has 0 aliphatic rings. The molecule has 2 heterocycles. The summed E-state index contributed by atoms with van der Waals surface area (Å²) in [6, 6.07) is 16.5. The minimum absolute atomic E-state index is 0.611. The topological polar surface area (TPSA) is 68.0 Å². The fourth-order valence-corrected chi connectivity index (χ4v) is 3.28. The van der Waals surface area contributed by atoms with Gasteiger partial charge in [0.05, 0.1) is 17.7 Å². The van der Waals surface area contributed by atoms with Gasteiger partial charge in [0.2, 0.25) is 5.95 Å². The number of nitrogens with one attached hydrogen (secondary N) is 1. The Bertz CT molecular complexity index is 1130. The molecular formula is C24H24N6. The van der Waals surface area contributed by atoms with Crippen molar-refractivity contribution in [3.63, 3.8) is 0 Å². The third-order valence-electron chi connectivity index (χ3n) is 4.87. The van der Waals surface area contributed by atoms with Gasteiger partial charge in [-0.15, -0.1) is 0 Å². The van der Waals surface area contributed by atoms with Crippen molar-refractivity contribution in [1.82, 2.24) is 19.5 Å². The van der Waals surface area contributed by atoms with Crippen molar-refractivity contribution in [1.29, 1.82) is 0 Å². The van der Waals surface area contributed by atoms with Crippen molar-refractivity contribution in [2.45, 2.75) is 26.8 Å². The van der Waals surface area contributed by atoms with E-state index < -0.39 is 0 Å². The highest BCUT2D eigenvalue weighted by molar-refractivity contribution is 5.68. The second-order valence-electron chi connectivity index (χ2n) is 6.84. The molecule has 4 rings (SSSR count). The Morgan fingerprint density at radius 2 is 1.93 bits per heavy atom. The van der Waals surface area contributed by atoms with Crippen LogP contribution in [0.25, 0.3) is 16.9 Å². The molecule has 0 fully saturated rings. The number of rotatable bonds is 7. The standard InChI is InChI=1S/C24H24N6/c1-3-19-15-20(7-10-22(19)26-4-2)23-11-12-27-24(29-23)28-16-18-5-8-21(9-6-18)30-14-13-25-17-30/h4-15,17H,3,16H2,1-2H3,(H,27,28,29)/b26-4-. The Labute approximate surface area is 176 Å². The van der Waals surface area contributed by atoms with E-state index in [-0.39, 0.29) is 0 Å². The monoisotopic (exact) mass is 396 g/mol. The largest absolute Gasteiger partial charge is 0.350 e. The second kappa shape index (κ2) is 9.13. The van der Waals surface area contributed by atoms with Gasteiger partial charge in [-0.3, -0.25) is 4.99 Å². The first-order valence-electron chi connectivity index (χ1n) is 10.0. The van der Waals surface area contributed by atoms with Crippen LogP contribution in [-0.4, -0.2) is 25.7 Å². The highest BCUT2D eigenvalue weighted by Gasteiger charge is 2.06. The summed E-state index contributed by atoms with van der Waals surface area (Å²) in [6.07, 6.45) is 10.0. The third-order valence-corrected chi connectivity index (χ3v) is 4.87. The van der Waals surface area contributed by atoms with Crippen molar-refractivity contribution >= 4 is 17.9 Å². The van der Waals surface area contributed by atoms with Crippen LogP contribution in [0.5, 0.6) is 0 Å². The first kappa shape index (κ1) is 19.5. The quantitative estimate of drug-likeness (QED) is 0.435. The van der Waals surface area contributed by atoms with Crippen molar-refractivity contribution < 1.29 is 0 Å². The van der Waals surface area contributed by atoms with E-state index in [0.29, 0.717) is 12.5 Å². The summed E-state index contributed by atoms with van der Waals surface area (Å²) in [6.45, 7) is 4.72. The predicted molar refractivity (Wildman–Crippen MR) is 122 cm³/mol. The lowest BCUT2D eigenvalue weighted by Crippen LogP contribution is -2.04. The van der Waals surface area contributed by atoms with E-state index in [9.17, 15) is 0 Å². The van der Waals surface area contributed by atoms with E-state index in [1.54, 1.807) is 18.7 Å². The Morgan fingerprint density at radius 1 is 1.07 bits per heavy atom. The van der Waals surface area contributed by atoms with E-state index in [0.717, 1.165) is 34.6 Å². The van der Waals surface area contributed by atoms with Crippen LogP contribution in [0.15, 0.2) is 78.4 Å². The number of imidazole rings is 1. The van der Waals surface area contributed by atoms with Gasteiger partial charge in [-0.2, -0.15) is 0 Å². The van der Waals surface area contributed by atoms with Gasteiger partial charge < -0.3 is 9.88 Å². The van der Waals surface area contributed by atoms with Crippen LogP contribution < -0.4 is 5.32 Å². The molecule has 0 atom stereocenters. The zero-order valence-electron chi connectivity index (χ0n) is 17.2. The fraction of sp³-hybridized carbons (Fsp3) is 0.167. The summed E-state index contributed by atoms with van der Waals surface area (Å²) < 4.78 is 1.98. The minimum atomic E-state index is 0.611. The molecular weight excluding hydrogens is 372 g/mol. The summed E-state index contributed by atoms with van der Waals surface area (Å²) in [5.41, 5.74) is 6.41.